The van der Waals surface area contributed by atoms with Crippen LogP contribution in [0, 0.1) is 6.92 Å². The minimum atomic E-state index is -0.0880. The lowest BCUT2D eigenvalue weighted by atomic mass is 9.96. The van der Waals surface area contributed by atoms with E-state index in [1.165, 1.54) is 5.56 Å². The van der Waals surface area contributed by atoms with Crippen molar-refractivity contribution in [3.05, 3.63) is 40.0 Å². The lowest BCUT2D eigenvalue weighted by Gasteiger charge is -2.11. The second-order valence-electron chi connectivity index (χ2n) is 5.57. The van der Waals surface area contributed by atoms with E-state index in [9.17, 15) is 0 Å². The zero-order valence-corrected chi connectivity index (χ0v) is 13.2. The molecule has 2 rings (SSSR count). The van der Waals surface area contributed by atoms with Crippen molar-refractivity contribution in [1.29, 1.82) is 0 Å². The van der Waals surface area contributed by atoms with Crippen LogP contribution in [0.5, 0.6) is 0 Å². The minimum Gasteiger partial charge on any atom is -0.376 e. The molecule has 0 saturated carbocycles. The molecular weight excluding hydrogens is 306 g/mol. The first kappa shape index (κ1) is 14.1. The van der Waals surface area contributed by atoms with Crippen molar-refractivity contribution in [1.82, 2.24) is 10.1 Å². The third-order valence-corrected chi connectivity index (χ3v) is 3.25. The largest absolute Gasteiger partial charge is 0.376 e. The first-order valence-electron chi connectivity index (χ1n) is 6.19. The summed E-state index contributed by atoms with van der Waals surface area (Å²) < 4.78 is 6.32. The van der Waals surface area contributed by atoms with Crippen molar-refractivity contribution < 1.29 is 4.52 Å². The number of anilines is 1. The summed E-state index contributed by atoms with van der Waals surface area (Å²) in [6, 6.07) is 6.10. The van der Waals surface area contributed by atoms with Gasteiger partial charge in [0.2, 0.25) is 5.89 Å². The highest BCUT2D eigenvalue weighted by Gasteiger charge is 2.20. The van der Waals surface area contributed by atoms with E-state index in [4.69, 9.17) is 4.52 Å². The number of hydrogen-bond donors (Lipinski definition) is 1. The van der Waals surface area contributed by atoms with E-state index in [1.54, 1.807) is 0 Å². The van der Waals surface area contributed by atoms with Gasteiger partial charge in [-0.15, -0.1) is 0 Å². The Balaban J connectivity index is 2.04. The molecule has 102 valence electrons. The zero-order valence-electron chi connectivity index (χ0n) is 11.6. The highest BCUT2D eigenvalue weighted by atomic mass is 79.9. The Labute approximate surface area is 121 Å². The summed E-state index contributed by atoms with van der Waals surface area (Å²) in [7, 11) is 0. The molecule has 0 saturated heterocycles. The molecule has 2 aromatic rings. The Kier molecular flexibility index (Phi) is 3.94. The summed E-state index contributed by atoms with van der Waals surface area (Å²) in [6.07, 6.45) is 0. The SMILES string of the molecule is Cc1cc(Br)ccc1NCc1nc(C(C)(C)C)no1. The van der Waals surface area contributed by atoms with E-state index >= 15 is 0 Å². The maximum Gasteiger partial charge on any atom is 0.245 e. The standard InChI is InChI=1S/C14H18BrN3O/c1-9-7-10(15)5-6-11(9)16-8-12-17-13(18-19-12)14(2,3)4/h5-7,16H,8H2,1-4H3. The Morgan fingerprint density at radius 3 is 2.63 bits per heavy atom. The van der Waals surface area contributed by atoms with Gasteiger partial charge in [-0.2, -0.15) is 4.98 Å². The number of nitrogens with one attached hydrogen (secondary N) is 1. The number of aromatic nitrogens is 2. The fourth-order valence-corrected chi connectivity index (χ4v) is 2.10. The van der Waals surface area contributed by atoms with Crippen LogP contribution < -0.4 is 5.32 Å². The van der Waals surface area contributed by atoms with Gasteiger partial charge < -0.3 is 9.84 Å². The molecule has 19 heavy (non-hydrogen) atoms. The summed E-state index contributed by atoms with van der Waals surface area (Å²) in [4.78, 5) is 4.39. The van der Waals surface area contributed by atoms with Crippen LogP contribution in [0.25, 0.3) is 0 Å². The fourth-order valence-electron chi connectivity index (χ4n) is 1.63. The molecule has 1 heterocycles. The van der Waals surface area contributed by atoms with Gasteiger partial charge in [0.25, 0.3) is 0 Å². The molecule has 1 aromatic heterocycles. The molecule has 0 radical (unpaired) electrons. The molecule has 0 aliphatic rings. The van der Waals surface area contributed by atoms with E-state index in [0.717, 1.165) is 16.0 Å². The predicted octanol–water partition coefficient (Wildman–Crippen LogP) is 4.05. The van der Waals surface area contributed by atoms with E-state index in [2.05, 4.69) is 65.1 Å². The predicted molar refractivity (Wildman–Crippen MR) is 79.2 cm³/mol. The van der Waals surface area contributed by atoms with Crippen LogP contribution in [-0.2, 0) is 12.0 Å². The average molecular weight is 324 g/mol. The molecule has 0 fully saturated rings. The van der Waals surface area contributed by atoms with Crippen LogP contribution in [0.4, 0.5) is 5.69 Å². The van der Waals surface area contributed by atoms with Crippen LogP contribution in [0.1, 0.15) is 38.0 Å². The third-order valence-electron chi connectivity index (χ3n) is 2.76. The second kappa shape index (κ2) is 5.33. The number of benzene rings is 1. The maximum atomic E-state index is 5.24. The van der Waals surface area contributed by atoms with Gasteiger partial charge in [-0.1, -0.05) is 41.9 Å². The molecule has 0 bridgehead atoms. The molecule has 1 N–H and O–H groups in total. The molecule has 0 aliphatic heterocycles. The van der Waals surface area contributed by atoms with Crippen LogP contribution in [0.3, 0.4) is 0 Å². The van der Waals surface area contributed by atoms with Gasteiger partial charge in [-0.05, 0) is 30.7 Å². The van der Waals surface area contributed by atoms with E-state index in [-0.39, 0.29) is 5.41 Å². The summed E-state index contributed by atoms with van der Waals surface area (Å²) in [5.74, 6) is 1.34. The molecule has 0 amide bonds. The Morgan fingerprint density at radius 2 is 2.05 bits per heavy atom. The van der Waals surface area contributed by atoms with Crippen molar-refractivity contribution in [3.8, 4) is 0 Å². The average Bonchev–Trinajstić information content (AvgIpc) is 2.76. The summed E-state index contributed by atoms with van der Waals surface area (Å²) in [6.45, 7) is 8.78. The van der Waals surface area contributed by atoms with Crippen molar-refractivity contribution in [2.45, 2.75) is 39.7 Å². The lowest BCUT2D eigenvalue weighted by molar-refractivity contribution is 0.367. The van der Waals surface area contributed by atoms with Crippen LogP contribution in [0.15, 0.2) is 27.2 Å². The molecule has 0 spiro atoms. The first-order valence-corrected chi connectivity index (χ1v) is 6.98. The molecule has 0 aliphatic carbocycles. The quantitative estimate of drug-likeness (QED) is 0.925. The van der Waals surface area contributed by atoms with Gasteiger partial charge in [-0.3, -0.25) is 0 Å². The van der Waals surface area contributed by atoms with Crippen molar-refractivity contribution in [2.75, 3.05) is 5.32 Å². The van der Waals surface area contributed by atoms with Crippen molar-refractivity contribution in [3.63, 3.8) is 0 Å². The monoisotopic (exact) mass is 323 g/mol. The number of aryl methyl sites for hydroxylation is 1. The van der Waals surface area contributed by atoms with E-state index in [1.807, 2.05) is 12.1 Å². The van der Waals surface area contributed by atoms with Crippen molar-refractivity contribution in [2.24, 2.45) is 0 Å². The number of hydrogen-bond acceptors (Lipinski definition) is 4. The highest BCUT2D eigenvalue weighted by Crippen LogP contribution is 2.21. The van der Waals surface area contributed by atoms with Gasteiger partial charge in [0.1, 0.15) is 0 Å². The van der Waals surface area contributed by atoms with E-state index < -0.39 is 0 Å². The third kappa shape index (κ3) is 3.56. The normalized spacial score (nSPS) is 11.6. The van der Waals surface area contributed by atoms with Crippen LogP contribution in [-0.4, -0.2) is 10.1 Å². The Bertz CT molecular complexity index is 572. The lowest BCUT2D eigenvalue weighted by Crippen LogP contribution is -2.13. The highest BCUT2D eigenvalue weighted by molar-refractivity contribution is 9.10. The number of nitrogens with zero attached hydrogens (tertiary/aromatic N) is 2. The van der Waals surface area contributed by atoms with Gasteiger partial charge >= 0.3 is 0 Å². The number of rotatable bonds is 3. The first-order chi connectivity index (χ1) is 8.86. The molecule has 5 heteroatoms. The van der Waals surface area contributed by atoms with Gasteiger partial charge in [0.05, 0.1) is 6.54 Å². The topological polar surface area (TPSA) is 51.0 Å². The smallest absolute Gasteiger partial charge is 0.245 e. The fraction of sp³-hybridized carbons (Fsp3) is 0.429. The molecule has 0 atom stereocenters. The maximum absolute atomic E-state index is 5.24. The molecular formula is C14H18BrN3O. The zero-order chi connectivity index (χ0) is 14.0. The molecule has 1 aromatic carbocycles. The Hall–Kier alpha value is -1.36. The Morgan fingerprint density at radius 1 is 1.32 bits per heavy atom. The summed E-state index contributed by atoms with van der Waals surface area (Å²) in [5, 5.41) is 7.31. The summed E-state index contributed by atoms with van der Waals surface area (Å²) >= 11 is 3.45. The summed E-state index contributed by atoms with van der Waals surface area (Å²) in [5.41, 5.74) is 2.15. The van der Waals surface area contributed by atoms with Gasteiger partial charge in [-0.25, -0.2) is 0 Å². The van der Waals surface area contributed by atoms with Gasteiger partial charge in [0, 0.05) is 15.6 Å². The van der Waals surface area contributed by atoms with Crippen LogP contribution >= 0.6 is 15.9 Å². The second-order valence-corrected chi connectivity index (χ2v) is 6.49. The molecule has 0 unspecified atom stereocenters. The van der Waals surface area contributed by atoms with Crippen molar-refractivity contribution >= 4 is 21.6 Å². The van der Waals surface area contributed by atoms with Crippen LogP contribution in [0.2, 0.25) is 0 Å². The molecule has 4 nitrogen and oxygen atoms in total. The van der Waals surface area contributed by atoms with E-state index in [0.29, 0.717) is 12.4 Å². The number of halogens is 1. The minimum absolute atomic E-state index is 0.0880. The van der Waals surface area contributed by atoms with Gasteiger partial charge in [0.15, 0.2) is 5.82 Å².